The van der Waals surface area contributed by atoms with Gasteiger partial charge in [0, 0.05) is 6.61 Å². The first-order chi connectivity index (χ1) is 7.35. The molecule has 92 valence electrons. The van der Waals surface area contributed by atoms with Gasteiger partial charge in [-0.05, 0) is 19.8 Å². The third-order valence-corrected chi connectivity index (χ3v) is 2.22. The second-order valence-corrected chi connectivity index (χ2v) is 3.50. The average molecular weight is 218 g/mol. The molecule has 3 heteroatoms. The highest BCUT2D eigenvalue weighted by molar-refractivity contribution is 4.53. The van der Waals surface area contributed by atoms with Gasteiger partial charge in [0.25, 0.3) is 0 Å². The summed E-state index contributed by atoms with van der Waals surface area (Å²) in [6.07, 6.45) is 3.83. The zero-order valence-electron chi connectivity index (χ0n) is 10.5. The minimum absolute atomic E-state index is 0.408. The van der Waals surface area contributed by atoms with Gasteiger partial charge < -0.3 is 14.2 Å². The maximum absolute atomic E-state index is 5.67. The van der Waals surface area contributed by atoms with Crippen LogP contribution >= 0.6 is 0 Å². The topological polar surface area (TPSA) is 27.7 Å². The molecule has 0 amide bonds. The van der Waals surface area contributed by atoms with Crippen molar-refractivity contribution in [3.8, 4) is 0 Å². The Morgan fingerprint density at radius 3 is 2.13 bits per heavy atom. The van der Waals surface area contributed by atoms with Crippen LogP contribution in [0.1, 0.15) is 40.0 Å². The molecule has 15 heavy (non-hydrogen) atoms. The van der Waals surface area contributed by atoms with Crippen LogP contribution in [0.5, 0.6) is 0 Å². The van der Waals surface area contributed by atoms with E-state index in [1.54, 1.807) is 0 Å². The first kappa shape index (κ1) is 14.9. The quantitative estimate of drug-likeness (QED) is 0.499. The maximum Gasteiger partial charge on any atom is 0.0704 e. The Morgan fingerprint density at radius 1 is 0.867 bits per heavy atom. The number of ether oxygens (including phenoxy) is 3. The number of rotatable bonds is 11. The lowest BCUT2D eigenvalue weighted by molar-refractivity contribution is -0.0137. The monoisotopic (exact) mass is 218 g/mol. The summed E-state index contributed by atoms with van der Waals surface area (Å²) in [5, 5.41) is 0. The van der Waals surface area contributed by atoms with E-state index in [4.69, 9.17) is 14.2 Å². The summed E-state index contributed by atoms with van der Waals surface area (Å²) in [4.78, 5) is 0. The van der Waals surface area contributed by atoms with Crippen molar-refractivity contribution in [2.24, 2.45) is 0 Å². The average Bonchev–Trinajstić information content (AvgIpc) is 2.26. The van der Waals surface area contributed by atoms with Gasteiger partial charge in [-0.15, -0.1) is 0 Å². The fourth-order valence-electron chi connectivity index (χ4n) is 1.37. The molecule has 0 saturated heterocycles. The van der Waals surface area contributed by atoms with Crippen LogP contribution in [0.25, 0.3) is 0 Å². The molecule has 0 aromatic carbocycles. The van der Waals surface area contributed by atoms with Crippen LogP contribution in [0.4, 0.5) is 0 Å². The van der Waals surface area contributed by atoms with Gasteiger partial charge >= 0.3 is 0 Å². The molecule has 0 aliphatic heterocycles. The molecule has 0 aromatic rings. The summed E-state index contributed by atoms with van der Waals surface area (Å²) >= 11 is 0. The van der Waals surface area contributed by atoms with Crippen LogP contribution in [0.2, 0.25) is 0 Å². The first-order valence-corrected chi connectivity index (χ1v) is 6.12. The van der Waals surface area contributed by atoms with Crippen molar-refractivity contribution in [3.05, 3.63) is 0 Å². The lowest BCUT2D eigenvalue weighted by atomic mass is 10.2. The molecule has 0 aromatic heterocycles. The molecule has 0 N–H and O–H groups in total. The van der Waals surface area contributed by atoms with E-state index in [-0.39, 0.29) is 0 Å². The summed E-state index contributed by atoms with van der Waals surface area (Å²) in [7, 11) is 0. The Labute approximate surface area is 94.1 Å². The molecule has 3 nitrogen and oxygen atoms in total. The summed E-state index contributed by atoms with van der Waals surface area (Å²) in [6, 6.07) is 0. The number of hydrogen-bond acceptors (Lipinski definition) is 3. The summed E-state index contributed by atoms with van der Waals surface area (Å²) in [5.74, 6) is 0. The predicted molar refractivity (Wildman–Crippen MR) is 62.3 cm³/mol. The molecule has 0 spiro atoms. The minimum Gasteiger partial charge on any atom is -0.379 e. The van der Waals surface area contributed by atoms with Crippen molar-refractivity contribution in [2.45, 2.75) is 46.1 Å². The predicted octanol–water partition coefficient (Wildman–Crippen LogP) is 2.63. The van der Waals surface area contributed by atoms with Crippen LogP contribution < -0.4 is 0 Å². The highest BCUT2D eigenvalue weighted by Gasteiger charge is 2.03. The standard InChI is InChI=1S/C12H26O3/c1-4-7-12(5-2)15-11-10-14-9-8-13-6-3/h12H,4-11H2,1-3H3. The Hall–Kier alpha value is -0.120. The van der Waals surface area contributed by atoms with Crippen molar-refractivity contribution in [1.29, 1.82) is 0 Å². The molecule has 1 atom stereocenters. The van der Waals surface area contributed by atoms with Gasteiger partial charge in [0.1, 0.15) is 0 Å². The lowest BCUT2D eigenvalue weighted by Gasteiger charge is -2.15. The number of hydrogen-bond donors (Lipinski definition) is 0. The van der Waals surface area contributed by atoms with Crippen molar-refractivity contribution in [3.63, 3.8) is 0 Å². The van der Waals surface area contributed by atoms with Crippen LogP contribution in [0.3, 0.4) is 0 Å². The summed E-state index contributed by atoms with van der Waals surface area (Å²) < 4.78 is 16.2. The molecule has 0 saturated carbocycles. The molecule has 0 aliphatic carbocycles. The lowest BCUT2D eigenvalue weighted by Crippen LogP contribution is -2.16. The van der Waals surface area contributed by atoms with Crippen LogP contribution in [0, 0.1) is 0 Å². The minimum atomic E-state index is 0.408. The molecular weight excluding hydrogens is 192 g/mol. The summed E-state index contributed by atoms with van der Waals surface area (Å²) in [6.45, 7) is 9.82. The van der Waals surface area contributed by atoms with Gasteiger partial charge in [0.2, 0.25) is 0 Å². The van der Waals surface area contributed by atoms with Crippen LogP contribution in [-0.2, 0) is 14.2 Å². The van der Waals surface area contributed by atoms with Gasteiger partial charge in [-0.25, -0.2) is 0 Å². The van der Waals surface area contributed by atoms with E-state index in [2.05, 4.69) is 13.8 Å². The van der Waals surface area contributed by atoms with Crippen LogP contribution in [0.15, 0.2) is 0 Å². The summed E-state index contributed by atoms with van der Waals surface area (Å²) in [5.41, 5.74) is 0. The third kappa shape index (κ3) is 10.2. The van der Waals surface area contributed by atoms with Crippen molar-refractivity contribution >= 4 is 0 Å². The Bertz CT molecular complexity index is 117. The van der Waals surface area contributed by atoms with E-state index < -0.39 is 0 Å². The SMILES string of the molecule is CCCC(CC)OCCOCCOCC. The first-order valence-electron chi connectivity index (χ1n) is 6.12. The van der Waals surface area contributed by atoms with Crippen LogP contribution in [-0.4, -0.2) is 39.1 Å². The van der Waals surface area contributed by atoms with Crippen molar-refractivity contribution in [2.75, 3.05) is 33.0 Å². The fourth-order valence-corrected chi connectivity index (χ4v) is 1.37. The smallest absolute Gasteiger partial charge is 0.0704 e. The van der Waals surface area contributed by atoms with Gasteiger partial charge in [-0.3, -0.25) is 0 Å². The van der Waals surface area contributed by atoms with Gasteiger partial charge in [0.15, 0.2) is 0 Å². The van der Waals surface area contributed by atoms with E-state index >= 15 is 0 Å². The maximum atomic E-state index is 5.67. The van der Waals surface area contributed by atoms with E-state index in [0.29, 0.717) is 32.5 Å². The largest absolute Gasteiger partial charge is 0.379 e. The molecular formula is C12H26O3. The molecule has 0 fully saturated rings. The van der Waals surface area contributed by atoms with E-state index in [0.717, 1.165) is 19.4 Å². The molecule has 1 unspecified atom stereocenters. The van der Waals surface area contributed by atoms with Gasteiger partial charge in [0.05, 0.1) is 32.5 Å². The molecule has 0 bridgehead atoms. The van der Waals surface area contributed by atoms with E-state index in [9.17, 15) is 0 Å². The zero-order valence-corrected chi connectivity index (χ0v) is 10.5. The fraction of sp³-hybridized carbons (Fsp3) is 1.00. The Morgan fingerprint density at radius 2 is 1.53 bits per heavy atom. The Kier molecular flexibility index (Phi) is 11.9. The molecule has 0 rings (SSSR count). The molecule has 0 radical (unpaired) electrons. The second-order valence-electron chi connectivity index (χ2n) is 3.50. The van der Waals surface area contributed by atoms with Crippen molar-refractivity contribution < 1.29 is 14.2 Å². The van der Waals surface area contributed by atoms with Gasteiger partial charge in [-0.2, -0.15) is 0 Å². The molecule has 0 aliphatic rings. The third-order valence-electron chi connectivity index (χ3n) is 2.22. The zero-order chi connectivity index (χ0) is 11.4. The highest BCUT2D eigenvalue weighted by atomic mass is 16.5. The highest BCUT2D eigenvalue weighted by Crippen LogP contribution is 2.05. The van der Waals surface area contributed by atoms with E-state index in [1.807, 2.05) is 6.92 Å². The molecule has 0 heterocycles. The second kappa shape index (κ2) is 12.0. The Balaban J connectivity index is 3.14. The van der Waals surface area contributed by atoms with Gasteiger partial charge in [-0.1, -0.05) is 20.3 Å². The normalized spacial score (nSPS) is 13.0. The van der Waals surface area contributed by atoms with E-state index in [1.165, 1.54) is 6.42 Å². The van der Waals surface area contributed by atoms with Crippen molar-refractivity contribution in [1.82, 2.24) is 0 Å².